The Morgan fingerprint density at radius 2 is 2.12 bits per heavy atom. The molecule has 2 fully saturated rings. The van der Waals surface area contributed by atoms with E-state index < -0.39 is 0 Å². The number of piperidine rings is 1. The maximum Gasteiger partial charge on any atom is 0.314 e. The van der Waals surface area contributed by atoms with Gasteiger partial charge in [-0.3, -0.25) is 0 Å². The Balaban J connectivity index is 1.83. The van der Waals surface area contributed by atoms with Crippen molar-refractivity contribution in [2.24, 2.45) is 17.6 Å². The molecule has 0 aromatic heterocycles. The predicted molar refractivity (Wildman–Crippen MR) is 65.5 cm³/mol. The van der Waals surface area contributed by atoms with Crippen molar-refractivity contribution in [3.8, 4) is 0 Å². The number of nitrogens with two attached hydrogens (primary N) is 1. The lowest BCUT2D eigenvalue weighted by Crippen LogP contribution is -2.53. The summed E-state index contributed by atoms with van der Waals surface area (Å²) in [5, 5.41) is 12.5. The first-order chi connectivity index (χ1) is 8.19. The highest BCUT2D eigenvalue weighted by Crippen LogP contribution is 2.28. The van der Waals surface area contributed by atoms with Crippen LogP contribution in [0.1, 0.15) is 25.7 Å². The first kappa shape index (κ1) is 12.6. The van der Waals surface area contributed by atoms with Gasteiger partial charge in [-0.25, -0.2) is 4.79 Å². The highest BCUT2D eigenvalue weighted by atomic mass is 16.3. The molecule has 2 aliphatic rings. The minimum Gasteiger partial charge on any atom is -0.396 e. The van der Waals surface area contributed by atoms with Crippen molar-refractivity contribution < 1.29 is 9.90 Å². The number of primary amides is 1. The van der Waals surface area contributed by atoms with Crippen molar-refractivity contribution in [3.05, 3.63) is 0 Å². The lowest BCUT2D eigenvalue weighted by molar-refractivity contribution is 0.135. The maximum atomic E-state index is 11.3. The predicted octanol–water partition coefficient (Wildman–Crippen LogP) is 0.138. The molecule has 0 spiro atoms. The van der Waals surface area contributed by atoms with E-state index in [0.29, 0.717) is 25.0 Å². The van der Waals surface area contributed by atoms with Gasteiger partial charge in [0.2, 0.25) is 0 Å². The van der Waals surface area contributed by atoms with E-state index in [-0.39, 0.29) is 12.6 Å². The van der Waals surface area contributed by atoms with Crippen molar-refractivity contribution in [1.82, 2.24) is 10.2 Å². The van der Waals surface area contributed by atoms with Gasteiger partial charge < -0.3 is 21.1 Å². The van der Waals surface area contributed by atoms with Crippen LogP contribution in [0, 0.1) is 11.8 Å². The zero-order valence-corrected chi connectivity index (χ0v) is 10.3. The number of carbonyl (C=O) groups excluding carboxylic acids is 1. The van der Waals surface area contributed by atoms with E-state index in [1.807, 2.05) is 0 Å². The van der Waals surface area contributed by atoms with Crippen LogP contribution in [0.25, 0.3) is 0 Å². The fourth-order valence-corrected chi connectivity index (χ4v) is 2.58. The summed E-state index contributed by atoms with van der Waals surface area (Å²) in [7, 11) is 0. The molecule has 2 unspecified atom stereocenters. The Bertz CT molecular complexity index is 268. The van der Waals surface area contributed by atoms with E-state index in [1.165, 1.54) is 12.8 Å². The van der Waals surface area contributed by atoms with Gasteiger partial charge in [0.15, 0.2) is 0 Å². The second kappa shape index (κ2) is 5.69. The van der Waals surface area contributed by atoms with Crippen LogP contribution in [0.3, 0.4) is 0 Å². The lowest BCUT2D eigenvalue weighted by Gasteiger charge is -2.37. The summed E-state index contributed by atoms with van der Waals surface area (Å²) in [6.45, 7) is 2.65. The zero-order valence-electron chi connectivity index (χ0n) is 10.3. The molecule has 1 aliphatic heterocycles. The minimum atomic E-state index is -0.342. The summed E-state index contributed by atoms with van der Waals surface area (Å²) in [6, 6.07) is -0.000684. The van der Waals surface area contributed by atoms with Gasteiger partial charge in [-0.2, -0.15) is 0 Å². The van der Waals surface area contributed by atoms with E-state index in [1.54, 1.807) is 4.90 Å². The highest BCUT2D eigenvalue weighted by Gasteiger charge is 2.30. The standard InChI is InChI=1S/C12H23N3O2/c13-12(17)15-7-10(3-4-16)5-11(8-15)14-6-9-1-2-9/h9-11,14,16H,1-8H2,(H2,13,17). The van der Waals surface area contributed by atoms with E-state index in [0.717, 1.165) is 25.3 Å². The number of nitrogens with one attached hydrogen (secondary N) is 1. The first-order valence-electron chi connectivity index (χ1n) is 6.57. The summed E-state index contributed by atoms with van der Waals surface area (Å²) >= 11 is 0. The van der Waals surface area contributed by atoms with Crippen LogP contribution in [0.15, 0.2) is 0 Å². The van der Waals surface area contributed by atoms with Gasteiger partial charge in [0.25, 0.3) is 0 Å². The minimum absolute atomic E-state index is 0.187. The fraction of sp³-hybridized carbons (Fsp3) is 0.917. The monoisotopic (exact) mass is 241 g/mol. The summed E-state index contributed by atoms with van der Waals surface area (Å²) in [6.07, 6.45) is 4.46. The molecule has 2 amide bonds. The molecule has 0 aromatic rings. The molecule has 1 heterocycles. The van der Waals surface area contributed by atoms with Crippen LogP contribution < -0.4 is 11.1 Å². The van der Waals surface area contributed by atoms with E-state index in [2.05, 4.69) is 5.32 Å². The Hall–Kier alpha value is -0.810. The Morgan fingerprint density at radius 1 is 1.35 bits per heavy atom. The molecular weight excluding hydrogens is 218 g/mol. The summed E-state index contributed by atoms with van der Waals surface area (Å²) in [5.74, 6) is 1.22. The van der Waals surface area contributed by atoms with Gasteiger partial charge in [-0.1, -0.05) is 0 Å². The molecule has 5 heteroatoms. The van der Waals surface area contributed by atoms with Crippen LogP contribution in [0.5, 0.6) is 0 Å². The lowest BCUT2D eigenvalue weighted by atomic mass is 9.92. The summed E-state index contributed by atoms with van der Waals surface area (Å²) < 4.78 is 0. The number of aliphatic hydroxyl groups is 1. The van der Waals surface area contributed by atoms with Gasteiger partial charge in [0.1, 0.15) is 0 Å². The maximum absolute atomic E-state index is 11.3. The third-order valence-corrected chi connectivity index (χ3v) is 3.78. The topological polar surface area (TPSA) is 78.6 Å². The number of amides is 2. The Morgan fingerprint density at radius 3 is 2.71 bits per heavy atom. The van der Waals surface area contributed by atoms with E-state index in [9.17, 15) is 4.79 Å². The second-order valence-corrected chi connectivity index (χ2v) is 5.41. The molecule has 98 valence electrons. The molecule has 1 aliphatic carbocycles. The third-order valence-electron chi connectivity index (χ3n) is 3.78. The van der Waals surface area contributed by atoms with Crippen molar-refractivity contribution in [2.75, 3.05) is 26.2 Å². The van der Waals surface area contributed by atoms with Crippen molar-refractivity contribution in [2.45, 2.75) is 31.7 Å². The molecule has 0 radical (unpaired) electrons. The quantitative estimate of drug-likeness (QED) is 0.640. The largest absolute Gasteiger partial charge is 0.396 e. The normalized spacial score (nSPS) is 29.4. The van der Waals surface area contributed by atoms with Gasteiger partial charge in [-0.05, 0) is 44.1 Å². The number of rotatable bonds is 5. The SMILES string of the molecule is NC(=O)N1CC(CCO)CC(NCC2CC2)C1. The number of urea groups is 1. The van der Waals surface area contributed by atoms with Crippen LogP contribution in [0.4, 0.5) is 4.79 Å². The molecular formula is C12H23N3O2. The number of hydrogen-bond donors (Lipinski definition) is 3. The highest BCUT2D eigenvalue weighted by molar-refractivity contribution is 5.72. The average Bonchev–Trinajstić information content (AvgIpc) is 3.10. The zero-order chi connectivity index (χ0) is 12.3. The first-order valence-corrected chi connectivity index (χ1v) is 6.57. The Labute approximate surface area is 102 Å². The van der Waals surface area contributed by atoms with E-state index >= 15 is 0 Å². The molecule has 2 rings (SSSR count). The van der Waals surface area contributed by atoms with Crippen LogP contribution in [-0.2, 0) is 0 Å². The molecule has 1 saturated heterocycles. The van der Waals surface area contributed by atoms with E-state index in [4.69, 9.17) is 10.8 Å². The molecule has 4 N–H and O–H groups in total. The van der Waals surface area contributed by atoms with Crippen LogP contribution in [0.2, 0.25) is 0 Å². The number of carbonyl (C=O) groups is 1. The third kappa shape index (κ3) is 3.85. The van der Waals surface area contributed by atoms with Gasteiger partial charge >= 0.3 is 6.03 Å². The second-order valence-electron chi connectivity index (χ2n) is 5.41. The number of nitrogens with zero attached hydrogens (tertiary/aromatic N) is 1. The smallest absolute Gasteiger partial charge is 0.314 e. The Kier molecular flexibility index (Phi) is 4.23. The summed E-state index contributed by atoms with van der Waals surface area (Å²) in [5.41, 5.74) is 5.35. The fourth-order valence-electron chi connectivity index (χ4n) is 2.58. The van der Waals surface area contributed by atoms with Gasteiger partial charge in [-0.15, -0.1) is 0 Å². The molecule has 0 aromatic carbocycles. The van der Waals surface area contributed by atoms with Gasteiger partial charge in [0.05, 0.1) is 0 Å². The molecule has 5 nitrogen and oxygen atoms in total. The van der Waals surface area contributed by atoms with Crippen LogP contribution >= 0.6 is 0 Å². The van der Waals surface area contributed by atoms with Crippen molar-refractivity contribution >= 4 is 6.03 Å². The summed E-state index contributed by atoms with van der Waals surface area (Å²) in [4.78, 5) is 13.0. The molecule has 0 bridgehead atoms. The average molecular weight is 241 g/mol. The van der Waals surface area contributed by atoms with Crippen molar-refractivity contribution in [1.29, 1.82) is 0 Å². The molecule has 2 atom stereocenters. The van der Waals surface area contributed by atoms with Crippen molar-refractivity contribution in [3.63, 3.8) is 0 Å². The van der Waals surface area contributed by atoms with Gasteiger partial charge in [0, 0.05) is 25.7 Å². The van der Waals surface area contributed by atoms with Crippen LogP contribution in [-0.4, -0.2) is 48.3 Å². The number of likely N-dealkylation sites (tertiary alicyclic amines) is 1. The number of aliphatic hydroxyl groups excluding tert-OH is 1. The number of hydrogen-bond acceptors (Lipinski definition) is 3. The molecule has 1 saturated carbocycles. The molecule has 17 heavy (non-hydrogen) atoms.